The molecule has 2 amide bonds. The SMILES string of the molecule is C=CCN1C(=O)/C(=C\c2cc(C)n(-c3sc4c(c3C#N)CCCC4)c2C)C(=O)NC1=S. The molecule has 2 aliphatic rings. The van der Waals surface area contributed by atoms with Gasteiger partial charge in [0.1, 0.15) is 16.6 Å². The van der Waals surface area contributed by atoms with E-state index in [0.29, 0.717) is 0 Å². The van der Waals surface area contributed by atoms with Gasteiger partial charge in [-0.25, -0.2) is 0 Å². The van der Waals surface area contributed by atoms with Gasteiger partial charge in [-0.3, -0.25) is 19.8 Å². The number of hydrogen-bond donors (Lipinski definition) is 1. The van der Waals surface area contributed by atoms with Crippen LogP contribution in [0.5, 0.6) is 0 Å². The maximum atomic E-state index is 12.9. The summed E-state index contributed by atoms with van der Waals surface area (Å²) in [7, 11) is 0. The summed E-state index contributed by atoms with van der Waals surface area (Å²) >= 11 is 6.79. The van der Waals surface area contributed by atoms with Crippen molar-refractivity contribution in [1.29, 1.82) is 5.26 Å². The Morgan fingerprint density at radius 1 is 1.32 bits per heavy atom. The third-order valence-corrected chi connectivity index (χ3v) is 7.33. The summed E-state index contributed by atoms with van der Waals surface area (Å²) in [6.45, 7) is 7.78. The van der Waals surface area contributed by atoms with Crippen molar-refractivity contribution in [3.63, 3.8) is 0 Å². The van der Waals surface area contributed by atoms with Crippen LogP contribution >= 0.6 is 23.6 Å². The third kappa shape index (κ3) is 3.54. The van der Waals surface area contributed by atoms with E-state index in [4.69, 9.17) is 12.2 Å². The van der Waals surface area contributed by atoms with Gasteiger partial charge < -0.3 is 4.57 Å². The first-order valence-corrected chi connectivity index (χ1v) is 11.3. The first-order valence-electron chi connectivity index (χ1n) is 10.1. The van der Waals surface area contributed by atoms with Gasteiger partial charge in [0.2, 0.25) is 0 Å². The topological polar surface area (TPSA) is 78.1 Å². The maximum Gasteiger partial charge on any atom is 0.265 e. The molecule has 2 aromatic rings. The molecule has 0 atom stereocenters. The lowest BCUT2D eigenvalue weighted by molar-refractivity contribution is -0.128. The zero-order chi connectivity index (χ0) is 22.3. The van der Waals surface area contributed by atoms with Crippen LogP contribution in [-0.4, -0.2) is 32.9 Å². The van der Waals surface area contributed by atoms with Crippen molar-refractivity contribution in [1.82, 2.24) is 14.8 Å². The number of aryl methyl sites for hydroxylation is 2. The number of thiophene rings is 1. The second-order valence-corrected chi connectivity index (χ2v) is 9.16. The average molecular weight is 451 g/mol. The molecule has 6 nitrogen and oxygen atoms in total. The number of nitrogens with one attached hydrogen (secondary N) is 1. The van der Waals surface area contributed by atoms with E-state index in [0.717, 1.165) is 53.2 Å². The van der Waals surface area contributed by atoms with Gasteiger partial charge in [-0.1, -0.05) is 6.08 Å². The van der Waals surface area contributed by atoms with Gasteiger partial charge in [0.25, 0.3) is 11.8 Å². The molecule has 1 fully saturated rings. The minimum Gasteiger partial charge on any atom is -0.308 e. The van der Waals surface area contributed by atoms with E-state index in [-0.39, 0.29) is 17.2 Å². The predicted molar refractivity (Wildman–Crippen MR) is 125 cm³/mol. The van der Waals surface area contributed by atoms with Gasteiger partial charge in [0.05, 0.1) is 5.56 Å². The van der Waals surface area contributed by atoms with Gasteiger partial charge in [-0.2, -0.15) is 5.26 Å². The summed E-state index contributed by atoms with van der Waals surface area (Å²) in [6, 6.07) is 4.35. The van der Waals surface area contributed by atoms with Gasteiger partial charge in [0.15, 0.2) is 5.11 Å². The number of amides is 2. The standard InChI is InChI=1S/C23H22N4O2S2/c1-4-9-26-21(29)17(20(28)25-23(26)30)11-15-10-13(2)27(14(15)3)22-18(12-24)16-7-5-6-8-19(16)31-22/h4,10-11H,1,5-9H2,2-3H3,(H,25,28,30)/b17-11-. The number of nitrogens with zero attached hydrogens (tertiary/aromatic N) is 3. The summed E-state index contributed by atoms with van der Waals surface area (Å²) in [5.41, 5.74) is 4.54. The van der Waals surface area contributed by atoms with Gasteiger partial charge >= 0.3 is 0 Å². The Labute approximate surface area is 190 Å². The molecule has 3 heterocycles. The first-order chi connectivity index (χ1) is 14.9. The average Bonchev–Trinajstić information content (AvgIpc) is 3.24. The molecule has 0 aromatic carbocycles. The minimum absolute atomic E-state index is 0.0293. The van der Waals surface area contributed by atoms with Crippen LogP contribution in [0.15, 0.2) is 24.3 Å². The second kappa shape index (κ2) is 8.25. The van der Waals surface area contributed by atoms with Crippen LogP contribution in [0, 0.1) is 25.2 Å². The third-order valence-electron chi connectivity index (χ3n) is 5.74. The normalized spacial score (nSPS) is 17.5. The minimum atomic E-state index is -0.510. The molecule has 0 radical (unpaired) electrons. The van der Waals surface area contributed by atoms with Crippen LogP contribution in [0.4, 0.5) is 0 Å². The second-order valence-electron chi connectivity index (χ2n) is 7.69. The monoisotopic (exact) mass is 450 g/mol. The van der Waals surface area contributed by atoms with Gasteiger partial charge in [-0.05, 0) is 75.0 Å². The molecule has 8 heteroatoms. The Bertz CT molecular complexity index is 1210. The van der Waals surface area contributed by atoms with Crippen molar-refractivity contribution in [2.45, 2.75) is 39.5 Å². The lowest BCUT2D eigenvalue weighted by Crippen LogP contribution is -2.53. The van der Waals surface area contributed by atoms with E-state index < -0.39 is 11.8 Å². The Morgan fingerprint density at radius 2 is 2.06 bits per heavy atom. The molecular formula is C23H22N4O2S2. The number of rotatable bonds is 4. The number of nitriles is 1. The van der Waals surface area contributed by atoms with Crippen molar-refractivity contribution in [3.8, 4) is 11.1 Å². The largest absolute Gasteiger partial charge is 0.308 e. The summed E-state index contributed by atoms with van der Waals surface area (Å²) in [4.78, 5) is 28.0. The quantitative estimate of drug-likeness (QED) is 0.333. The van der Waals surface area contributed by atoms with Crippen LogP contribution in [0.1, 0.15) is 45.8 Å². The molecule has 4 rings (SSSR count). The molecule has 1 N–H and O–H groups in total. The molecule has 0 spiro atoms. The molecule has 0 saturated carbocycles. The van der Waals surface area contributed by atoms with Crippen molar-refractivity contribution in [2.75, 3.05) is 6.54 Å². The number of aromatic nitrogens is 1. The zero-order valence-electron chi connectivity index (χ0n) is 17.4. The molecule has 158 valence electrons. The van der Waals surface area contributed by atoms with E-state index in [1.54, 1.807) is 23.5 Å². The van der Waals surface area contributed by atoms with Crippen molar-refractivity contribution in [3.05, 3.63) is 57.2 Å². The fourth-order valence-electron chi connectivity index (χ4n) is 4.21. The molecule has 1 aliphatic heterocycles. The predicted octanol–water partition coefficient (Wildman–Crippen LogP) is 3.72. The zero-order valence-corrected chi connectivity index (χ0v) is 19.1. The molecule has 1 aliphatic carbocycles. The van der Waals surface area contributed by atoms with Crippen LogP contribution in [0.2, 0.25) is 0 Å². The van der Waals surface area contributed by atoms with Crippen LogP contribution in [0.25, 0.3) is 11.1 Å². The smallest absolute Gasteiger partial charge is 0.265 e. The maximum absolute atomic E-state index is 12.9. The fourth-order valence-corrected chi connectivity index (χ4v) is 5.92. The highest BCUT2D eigenvalue weighted by Gasteiger charge is 2.33. The molecule has 2 aromatic heterocycles. The van der Waals surface area contributed by atoms with E-state index in [2.05, 4.69) is 22.5 Å². The Balaban J connectivity index is 1.80. The van der Waals surface area contributed by atoms with Crippen LogP contribution < -0.4 is 5.32 Å². The Hall–Kier alpha value is -3.02. The number of hydrogen-bond acceptors (Lipinski definition) is 5. The lowest BCUT2D eigenvalue weighted by atomic mass is 9.96. The molecule has 0 unspecified atom stereocenters. The summed E-state index contributed by atoms with van der Waals surface area (Å²) < 4.78 is 2.06. The van der Waals surface area contributed by atoms with Gasteiger partial charge in [0, 0.05) is 22.8 Å². The number of carbonyl (C=O) groups is 2. The Morgan fingerprint density at radius 3 is 2.77 bits per heavy atom. The molecule has 1 saturated heterocycles. The van der Waals surface area contributed by atoms with E-state index >= 15 is 0 Å². The van der Waals surface area contributed by atoms with Gasteiger partial charge in [-0.15, -0.1) is 17.9 Å². The highest BCUT2D eigenvalue weighted by molar-refractivity contribution is 7.80. The lowest BCUT2D eigenvalue weighted by Gasteiger charge is -2.27. The summed E-state index contributed by atoms with van der Waals surface area (Å²) in [5.74, 6) is -0.952. The fraction of sp³-hybridized carbons (Fsp3) is 0.304. The van der Waals surface area contributed by atoms with E-state index in [1.807, 2.05) is 19.9 Å². The van der Waals surface area contributed by atoms with E-state index in [1.165, 1.54) is 15.3 Å². The Kier molecular flexibility index (Phi) is 5.65. The number of fused-ring (bicyclic) bond motifs is 1. The molecular weight excluding hydrogens is 428 g/mol. The van der Waals surface area contributed by atoms with Crippen LogP contribution in [0.3, 0.4) is 0 Å². The highest BCUT2D eigenvalue weighted by Crippen LogP contribution is 2.38. The number of carbonyl (C=O) groups excluding carboxylic acids is 2. The summed E-state index contributed by atoms with van der Waals surface area (Å²) in [5, 5.41) is 13.4. The van der Waals surface area contributed by atoms with Crippen molar-refractivity contribution < 1.29 is 9.59 Å². The van der Waals surface area contributed by atoms with Crippen LogP contribution in [-0.2, 0) is 22.4 Å². The first kappa shape index (κ1) is 21.2. The van der Waals surface area contributed by atoms with Crippen molar-refractivity contribution >= 4 is 46.6 Å². The van der Waals surface area contributed by atoms with E-state index in [9.17, 15) is 14.9 Å². The molecule has 0 bridgehead atoms. The highest BCUT2D eigenvalue weighted by atomic mass is 32.1. The van der Waals surface area contributed by atoms with Crippen molar-refractivity contribution in [2.24, 2.45) is 0 Å². The molecule has 31 heavy (non-hydrogen) atoms. The number of thiocarbonyl (C=S) groups is 1. The summed E-state index contributed by atoms with van der Waals surface area (Å²) in [6.07, 6.45) is 7.39.